The van der Waals surface area contributed by atoms with E-state index in [9.17, 15) is 9.90 Å². The van der Waals surface area contributed by atoms with Gasteiger partial charge in [-0.3, -0.25) is 4.79 Å². The summed E-state index contributed by atoms with van der Waals surface area (Å²) in [7, 11) is 0. The Hall–Kier alpha value is -1.16. The number of carbonyl (C=O) groups excluding carboxylic acids is 1. The molecule has 0 aliphatic carbocycles. The van der Waals surface area contributed by atoms with Crippen molar-refractivity contribution in [3.63, 3.8) is 0 Å². The molecule has 0 heterocycles. The molecule has 2 rings (SSSR count). The Morgan fingerprint density at radius 2 is 2.00 bits per heavy atom. The molecular weight excluding hydrogens is 494 g/mol. The van der Waals surface area contributed by atoms with E-state index in [-0.39, 0.29) is 11.7 Å². The molecule has 2 aromatic rings. The van der Waals surface area contributed by atoms with Gasteiger partial charge in [0, 0.05) is 14.7 Å². The van der Waals surface area contributed by atoms with Gasteiger partial charge in [0.15, 0.2) is 0 Å². The Kier molecular flexibility index (Phi) is 5.57. The summed E-state index contributed by atoms with van der Waals surface area (Å²) < 4.78 is 1.73. The van der Waals surface area contributed by atoms with Crippen LogP contribution in [0.5, 0.6) is 5.75 Å². The summed E-state index contributed by atoms with van der Waals surface area (Å²) in [6.45, 7) is 1.87. The molecule has 0 spiro atoms. The predicted molar refractivity (Wildman–Crippen MR) is 99.8 cm³/mol. The van der Waals surface area contributed by atoms with Crippen molar-refractivity contribution in [1.82, 2.24) is 5.43 Å². The van der Waals surface area contributed by atoms with Gasteiger partial charge in [-0.15, -0.1) is 0 Å². The van der Waals surface area contributed by atoms with E-state index >= 15 is 0 Å². The van der Waals surface area contributed by atoms with Gasteiger partial charge in [-0.2, -0.15) is 5.10 Å². The number of benzene rings is 2. The smallest absolute Gasteiger partial charge is 0.271 e. The predicted octanol–water partition coefficient (Wildman–Crippen LogP) is 3.67. The number of hydrogen-bond acceptors (Lipinski definition) is 3. The molecule has 0 saturated heterocycles. The fraction of sp³-hybridized carbons (Fsp3) is 0.0667. The third-order valence-corrected chi connectivity index (χ3v) is 4.26. The van der Waals surface area contributed by atoms with Gasteiger partial charge in [0.2, 0.25) is 0 Å². The molecule has 21 heavy (non-hydrogen) atoms. The zero-order valence-electron chi connectivity index (χ0n) is 11.1. The highest BCUT2D eigenvalue weighted by molar-refractivity contribution is 14.1. The number of phenols is 1. The minimum atomic E-state index is -0.274. The third kappa shape index (κ3) is 4.16. The van der Waals surface area contributed by atoms with Crippen molar-refractivity contribution in [1.29, 1.82) is 0 Å². The van der Waals surface area contributed by atoms with Crippen LogP contribution >= 0.6 is 45.2 Å². The molecule has 2 N–H and O–H groups in total. The van der Waals surface area contributed by atoms with Gasteiger partial charge < -0.3 is 5.11 Å². The molecule has 0 saturated carbocycles. The number of halogens is 2. The van der Waals surface area contributed by atoms with Crippen LogP contribution in [0.4, 0.5) is 0 Å². The van der Waals surface area contributed by atoms with Gasteiger partial charge in [0.25, 0.3) is 5.91 Å². The molecule has 6 heteroatoms. The Bertz CT molecular complexity index is 715. The van der Waals surface area contributed by atoms with Crippen LogP contribution in [-0.4, -0.2) is 17.2 Å². The Morgan fingerprint density at radius 3 is 2.71 bits per heavy atom. The average molecular weight is 506 g/mol. The van der Waals surface area contributed by atoms with Crippen molar-refractivity contribution in [2.75, 3.05) is 0 Å². The number of nitrogens with zero attached hydrogens (tertiary/aromatic N) is 1. The maximum atomic E-state index is 12.0. The molecule has 0 atom stereocenters. The molecule has 2 aromatic carbocycles. The molecule has 1 amide bonds. The summed E-state index contributed by atoms with van der Waals surface area (Å²) >= 11 is 4.21. The SMILES string of the molecule is Cc1ccccc1C(=O)N/N=C\c1cc(I)cc(I)c1O. The minimum absolute atomic E-state index is 0.157. The summed E-state index contributed by atoms with van der Waals surface area (Å²) in [6.07, 6.45) is 1.44. The van der Waals surface area contributed by atoms with Crippen LogP contribution in [-0.2, 0) is 0 Å². The highest BCUT2D eigenvalue weighted by atomic mass is 127. The summed E-state index contributed by atoms with van der Waals surface area (Å²) in [6, 6.07) is 10.9. The van der Waals surface area contributed by atoms with E-state index < -0.39 is 0 Å². The zero-order chi connectivity index (χ0) is 15.4. The number of hydrazone groups is 1. The van der Waals surface area contributed by atoms with E-state index in [1.54, 1.807) is 18.2 Å². The van der Waals surface area contributed by atoms with Gasteiger partial charge >= 0.3 is 0 Å². The summed E-state index contributed by atoms with van der Waals surface area (Å²) in [4.78, 5) is 12.0. The first-order chi connectivity index (χ1) is 9.99. The summed E-state index contributed by atoms with van der Waals surface area (Å²) in [5.41, 5.74) is 4.50. The van der Waals surface area contributed by atoms with Gasteiger partial charge in [-0.05, 0) is 75.9 Å². The van der Waals surface area contributed by atoms with Gasteiger partial charge in [0.05, 0.1) is 9.78 Å². The van der Waals surface area contributed by atoms with Gasteiger partial charge in [0.1, 0.15) is 5.75 Å². The van der Waals surface area contributed by atoms with E-state index in [1.165, 1.54) is 6.21 Å². The van der Waals surface area contributed by atoms with Crippen LogP contribution in [0.25, 0.3) is 0 Å². The lowest BCUT2D eigenvalue weighted by Crippen LogP contribution is -2.18. The first kappa shape index (κ1) is 16.2. The number of rotatable bonds is 3. The number of phenolic OH excluding ortho intramolecular Hbond substituents is 1. The van der Waals surface area contributed by atoms with Crippen LogP contribution in [0, 0.1) is 14.1 Å². The maximum Gasteiger partial charge on any atom is 0.271 e. The standard InChI is InChI=1S/C15H12I2N2O2/c1-9-4-2-3-5-12(9)15(21)19-18-8-10-6-11(16)7-13(17)14(10)20/h2-8,20H,1H3,(H,19,21)/b18-8-. The van der Waals surface area contributed by atoms with Crippen molar-refractivity contribution in [2.45, 2.75) is 6.92 Å². The molecular formula is C15H12I2N2O2. The van der Waals surface area contributed by atoms with Crippen LogP contribution in [0.15, 0.2) is 41.5 Å². The number of aryl methyl sites for hydroxylation is 1. The van der Waals surface area contributed by atoms with Crippen molar-refractivity contribution >= 4 is 57.3 Å². The molecule has 0 unspecified atom stereocenters. The van der Waals surface area contributed by atoms with Crippen molar-refractivity contribution in [3.05, 3.63) is 60.2 Å². The maximum absolute atomic E-state index is 12.0. The second kappa shape index (κ2) is 7.21. The summed E-state index contributed by atoms with van der Waals surface area (Å²) in [5, 5.41) is 13.8. The number of nitrogens with one attached hydrogen (secondary N) is 1. The molecule has 0 aromatic heterocycles. The second-order valence-electron chi connectivity index (χ2n) is 4.34. The topological polar surface area (TPSA) is 61.7 Å². The van der Waals surface area contributed by atoms with E-state index in [2.05, 4.69) is 55.7 Å². The normalized spacial score (nSPS) is 10.8. The zero-order valence-corrected chi connectivity index (χ0v) is 15.4. The van der Waals surface area contributed by atoms with Crippen LogP contribution in [0.3, 0.4) is 0 Å². The minimum Gasteiger partial charge on any atom is -0.506 e. The molecule has 108 valence electrons. The number of amides is 1. The van der Waals surface area contributed by atoms with Crippen LogP contribution in [0.2, 0.25) is 0 Å². The molecule has 4 nitrogen and oxygen atoms in total. The number of carbonyl (C=O) groups is 1. The largest absolute Gasteiger partial charge is 0.506 e. The molecule has 0 bridgehead atoms. The molecule has 0 aliphatic rings. The average Bonchev–Trinajstić information content (AvgIpc) is 2.44. The lowest BCUT2D eigenvalue weighted by atomic mass is 10.1. The van der Waals surface area contributed by atoms with E-state index in [4.69, 9.17) is 0 Å². The highest BCUT2D eigenvalue weighted by Crippen LogP contribution is 2.25. The molecule has 0 aliphatic heterocycles. The monoisotopic (exact) mass is 506 g/mol. The lowest BCUT2D eigenvalue weighted by Gasteiger charge is -2.04. The first-order valence-corrected chi connectivity index (χ1v) is 8.22. The highest BCUT2D eigenvalue weighted by Gasteiger charge is 2.08. The van der Waals surface area contributed by atoms with Gasteiger partial charge in [-0.1, -0.05) is 18.2 Å². The molecule has 0 radical (unpaired) electrons. The summed E-state index contributed by atoms with van der Waals surface area (Å²) in [5.74, 6) is -0.117. The molecule has 0 fully saturated rings. The number of hydrogen-bond donors (Lipinski definition) is 2. The first-order valence-electron chi connectivity index (χ1n) is 6.06. The fourth-order valence-electron chi connectivity index (χ4n) is 1.73. The second-order valence-corrected chi connectivity index (χ2v) is 6.75. The van der Waals surface area contributed by atoms with Gasteiger partial charge in [-0.25, -0.2) is 5.43 Å². The van der Waals surface area contributed by atoms with Crippen LogP contribution in [0.1, 0.15) is 21.5 Å². The van der Waals surface area contributed by atoms with Crippen molar-refractivity contribution in [2.24, 2.45) is 5.10 Å². The Morgan fingerprint density at radius 1 is 1.29 bits per heavy atom. The fourth-order valence-corrected chi connectivity index (χ4v) is 3.62. The van der Waals surface area contributed by atoms with E-state index in [0.717, 1.165) is 12.7 Å². The van der Waals surface area contributed by atoms with Crippen molar-refractivity contribution < 1.29 is 9.90 Å². The quantitative estimate of drug-likeness (QED) is 0.380. The third-order valence-electron chi connectivity index (χ3n) is 2.82. The van der Waals surface area contributed by atoms with Crippen molar-refractivity contribution in [3.8, 4) is 5.75 Å². The Balaban J connectivity index is 2.13. The lowest BCUT2D eigenvalue weighted by molar-refractivity contribution is 0.0954. The Labute approximate surface area is 149 Å². The van der Waals surface area contributed by atoms with E-state index in [0.29, 0.717) is 11.1 Å². The number of aromatic hydroxyl groups is 1. The van der Waals surface area contributed by atoms with Crippen LogP contribution < -0.4 is 5.43 Å². The van der Waals surface area contributed by atoms with E-state index in [1.807, 2.05) is 25.1 Å².